The van der Waals surface area contributed by atoms with Crippen molar-refractivity contribution in [2.24, 2.45) is 0 Å². The molecule has 1 aromatic heterocycles. The van der Waals surface area contributed by atoms with Crippen LogP contribution in [0.15, 0.2) is 41.4 Å². The predicted octanol–water partition coefficient (Wildman–Crippen LogP) is 2.72. The minimum atomic E-state index is -3.64. The predicted molar refractivity (Wildman–Crippen MR) is 78.3 cm³/mol. The van der Waals surface area contributed by atoms with Crippen LogP contribution in [0.3, 0.4) is 0 Å². The number of carboxylic acid groups (broad SMARTS) is 1. The average Bonchev–Trinajstić information content (AvgIpc) is 2.40. The number of aromatic carboxylic acids is 1. The molecule has 0 atom stereocenters. The molecule has 0 radical (unpaired) electrons. The lowest BCUT2D eigenvalue weighted by Gasteiger charge is -2.08. The van der Waals surface area contributed by atoms with Gasteiger partial charge in [-0.1, -0.05) is 17.7 Å². The van der Waals surface area contributed by atoms with Gasteiger partial charge in [-0.05, 0) is 36.8 Å². The molecule has 1 aromatic carbocycles. The molecule has 1 N–H and O–H groups in total. The Morgan fingerprint density at radius 1 is 1.33 bits per heavy atom. The van der Waals surface area contributed by atoms with Gasteiger partial charge in [-0.3, -0.25) is 4.98 Å². The van der Waals surface area contributed by atoms with E-state index in [1.165, 1.54) is 18.3 Å². The first-order chi connectivity index (χ1) is 9.81. The molecule has 1 heterocycles. The molecule has 0 aliphatic rings. The van der Waals surface area contributed by atoms with Gasteiger partial charge in [0.2, 0.25) is 0 Å². The smallest absolute Gasteiger partial charge is 0.337 e. The van der Waals surface area contributed by atoms with Crippen molar-refractivity contribution in [2.75, 3.05) is 0 Å². The molecule has 5 nitrogen and oxygen atoms in total. The summed E-state index contributed by atoms with van der Waals surface area (Å²) in [5.41, 5.74) is 1.09. The summed E-state index contributed by atoms with van der Waals surface area (Å²) in [6, 6.07) is 7.08. The van der Waals surface area contributed by atoms with E-state index in [1.807, 2.05) is 0 Å². The number of benzene rings is 1. The molecule has 0 bridgehead atoms. The maximum absolute atomic E-state index is 12.3. The number of sulfone groups is 1. The quantitative estimate of drug-likeness (QED) is 0.934. The van der Waals surface area contributed by atoms with Gasteiger partial charge in [0.25, 0.3) is 0 Å². The zero-order valence-corrected chi connectivity index (χ0v) is 12.6. The van der Waals surface area contributed by atoms with Crippen molar-refractivity contribution in [3.8, 4) is 0 Å². The second-order valence-corrected chi connectivity index (χ2v) is 6.87. The summed E-state index contributed by atoms with van der Waals surface area (Å²) in [5.74, 6) is -1.47. The molecule has 0 fully saturated rings. The summed E-state index contributed by atoms with van der Waals surface area (Å²) in [4.78, 5) is 14.9. The Balaban J connectivity index is 2.39. The van der Waals surface area contributed by atoms with Crippen LogP contribution in [0.25, 0.3) is 0 Å². The van der Waals surface area contributed by atoms with Gasteiger partial charge in [0.15, 0.2) is 9.84 Å². The molecule has 0 spiro atoms. The first-order valence-corrected chi connectivity index (χ1v) is 8.00. The topological polar surface area (TPSA) is 84.3 Å². The van der Waals surface area contributed by atoms with Crippen LogP contribution in [-0.4, -0.2) is 24.5 Å². The molecule has 21 heavy (non-hydrogen) atoms. The Morgan fingerprint density at radius 2 is 2.05 bits per heavy atom. The molecular weight excluding hydrogens is 314 g/mol. The maximum Gasteiger partial charge on any atom is 0.337 e. The van der Waals surface area contributed by atoms with Crippen molar-refractivity contribution in [3.05, 3.63) is 58.4 Å². The Bertz CT molecular complexity index is 802. The summed E-state index contributed by atoms with van der Waals surface area (Å²) in [5, 5.41) is 8.78. The summed E-state index contributed by atoms with van der Waals surface area (Å²) in [6.07, 6.45) is 1.53. The SMILES string of the molecule is Cc1cccnc1CS(=O)(=O)c1ccc(C(=O)O)c(Cl)c1. The van der Waals surface area contributed by atoms with Crippen molar-refractivity contribution < 1.29 is 18.3 Å². The molecule has 2 aromatic rings. The lowest BCUT2D eigenvalue weighted by Crippen LogP contribution is -2.08. The lowest BCUT2D eigenvalue weighted by molar-refractivity contribution is 0.0697. The van der Waals surface area contributed by atoms with Crippen molar-refractivity contribution >= 4 is 27.4 Å². The van der Waals surface area contributed by atoms with E-state index in [4.69, 9.17) is 16.7 Å². The number of halogens is 1. The van der Waals surface area contributed by atoms with Crippen LogP contribution in [-0.2, 0) is 15.6 Å². The Labute approximate surface area is 127 Å². The molecular formula is C14H12ClNO4S. The first-order valence-electron chi connectivity index (χ1n) is 5.97. The van der Waals surface area contributed by atoms with Crippen molar-refractivity contribution in [1.82, 2.24) is 4.98 Å². The highest BCUT2D eigenvalue weighted by Gasteiger charge is 2.20. The van der Waals surface area contributed by atoms with Crippen molar-refractivity contribution in [1.29, 1.82) is 0 Å². The van der Waals surface area contributed by atoms with E-state index in [1.54, 1.807) is 19.1 Å². The number of aromatic nitrogens is 1. The second kappa shape index (κ2) is 5.83. The van der Waals surface area contributed by atoms with Gasteiger partial charge in [0.05, 0.1) is 26.9 Å². The molecule has 110 valence electrons. The van der Waals surface area contributed by atoms with Gasteiger partial charge >= 0.3 is 5.97 Å². The molecule has 2 rings (SSSR count). The molecule has 7 heteroatoms. The molecule has 0 unspecified atom stereocenters. The standard InChI is InChI=1S/C14H12ClNO4S/c1-9-3-2-6-16-13(9)8-21(19,20)10-4-5-11(14(17)18)12(15)7-10/h2-7H,8H2,1H3,(H,17,18). The monoisotopic (exact) mass is 325 g/mol. The van der Waals surface area contributed by atoms with Gasteiger partial charge in [-0.15, -0.1) is 0 Å². The summed E-state index contributed by atoms with van der Waals surface area (Å²) in [6.45, 7) is 1.78. The highest BCUT2D eigenvalue weighted by atomic mass is 35.5. The fourth-order valence-electron chi connectivity index (χ4n) is 1.80. The van der Waals surface area contributed by atoms with Gasteiger partial charge < -0.3 is 5.11 Å². The van der Waals surface area contributed by atoms with Crippen molar-refractivity contribution in [3.63, 3.8) is 0 Å². The van der Waals surface area contributed by atoms with Crippen molar-refractivity contribution in [2.45, 2.75) is 17.6 Å². The van der Waals surface area contributed by atoms with Gasteiger partial charge in [-0.2, -0.15) is 0 Å². The molecule has 0 saturated carbocycles. The normalized spacial score (nSPS) is 11.3. The zero-order valence-electron chi connectivity index (χ0n) is 11.1. The Hall–Kier alpha value is -1.92. The Morgan fingerprint density at radius 3 is 2.62 bits per heavy atom. The number of pyridine rings is 1. The van der Waals surface area contributed by atoms with Crippen LogP contribution in [0.5, 0.6) is 0 Å². The van der Waals surface area contributed by atoms with E-state index in [0.29, 0.717) is 5.69 Å². The second-order valence-electron chi connectivity index (χ2n) is 4.47. The van der Waals surface area contributed by atoms with E-state index in [9.17, 15) is 13.2 Å². The fourth-order valence-corrected chi connectivity index (χ4v) is 3.52. The van der Waals surface area contributed by atoms with E-state index < -0.39 is 15.8 Å². The van der Waals surface area contributed by atoms with Crippen LogP contribution in [0.4, 0.5) is 0 Å². The third kappa shape index (κ3) is 3.40. The number of carbonyl (C=O) groups is 1. The highest BCUT2D eigenvalue weighted by Crippen LogP contribution is 2.23. The third-order valence-corrected chi connectivity index (χ3v) is 4.91. The third-order valence-electron chi connectivity index (χ3n) is 2.97. The summed E-state index contributed by atoms with van der Waals surface area (Å²) in [7, 11) is -3.64. The summed E-state index contributed by atoms with van der Waals surface area (Å²) < 4.78 is 24.7. The zero-order chi connectivity index (χ0) is 15.6. The van der Waals surface area contributed by atoms with Gasteiger partial charge in [-0.25, -0.2) is 13.2 Å². The number of carboxylic acids is 1. The number of hydrogen-bond acceptors (Lipinski definition) is 4. The summed E-state index contributed by atoms with van der Waals surface area (Å²) >= 11 is 5.80. The van der Waals surface area contributed by atoms with Gasteiger partial charge in [0.1, 0.15) is 0 Å². The molecule has 0 aliphatic heterocycles. The van der Waals surface area contributed by atoms with Crippen LogP contribution in [0, 0.1) is 6.92 Å². The molecule has 0 amide bonds. The largest absolute Gasteiger partial charge is 0.478 e. The number of rotatable bonds is 4. The van der Waals surface area contributed by atoms with E-state index in [2.05, 4.69) is 4.98 Å². The average molecular weight is 326 g/mol. The van der Waals surface area contributed by atoms with Crippen LogP contribution >= 0.6 is 11.6 Å². The number of aryl methyl sites for hydroxylation is 1. The van der Waals surface area contributed by atoms with Gasteiger partial charge in [0, 0.05) is 6.20 Å². The first kappa shape index (κ1) is 15.5. The van der Waals surface area contributed by atoms with E-state index in [-0.39, 0.29) is 21.2 Å². The minimum Gasteiger partial charge on any atom is -0.478 e. The van der Waals surface area contributed by atoms with Crippen LogP contribution < -0.4 is 0 Å². The maximum atomic E-state index is 12.3. The molecule has 0 saturated heterocycles. The lowest BCUT2D eigenvalue weighted by atomic mass is 10.2. The fraction of sp³-hybridized carbons (Fsp3) is 0.143. The Kier molecular flexibility index (Phi) is 4.29. The number of hydrogen-bond donors (Lipinski definition) is 1. The molecule has 0 aliphatic carbocycles. The van der Waals surface area contributed by atoms with E-state index in [0.717, 1.165) is 11.6 Å². The minimum absolute atomic E-state index is 0.0254. The van der Waals surface area contributed by atoms with Crippen LogP contribution in [0.2, 0.25) is 5.02 Å². The van der Waals surface area contributed by atoms with Crippen LogP contribution in [0.1, 0.15) is 21.6 Å². The highest BCUT2D eigenvalue weighted by molar-refractivity contribution is 7.90. The van der Waals surface area contributed by atoms with E-state index >= 15 is 0 Å². The number of nitrogens with zero attached hydrogens (tertiary/aromatic N) is 1.